The van der Waals surface area contributed by atoms with E-state index in [0.29, 0.717) is 30.8 Å². The number of fused-ring (bicyclic) bond motifs is 1. The summed E-state index contributed by atoms with van der Waals surface area (Å²) in [7, 11) is 0. The lowest BCUT2D eigenvalue weighted by Crippen LogP contribution is -2.48. The fourth-order valence-corrected chi connectivity index (χ4v) is 2.96. The number of carbonyl (C=O) groups is 2. The molecule has 112 valence electrons. The van der Waals surface area contributed by atoms with Crippen LogP contribution >= 0.6 is 23.2 Å². The average Bonchev–Trinajstić information content (AvgIpc) is 2.65. The average molecular weight is 329 g/mol. The highest BCUT2D eigenvalue weighted by Crippen LogP contribution is 2.31. The summed E-state index contributed by atoms with van der Waals surface area (Å²) in [4.78, 5) is 28.0. The lowest BCUT2D eigenvalue weighted by molar-refractivity contribution is -0.0310. The first kappa shape index (κ1) is 14.8. The molecule has 0 aliphatic carbocycles. The number of imide groups is 1. The maximum atomic E-state index is 12.4. The van der Waals surface area contributed by atoms with Crippen LogP contribution in [0.5, 0.6) is 0 Å². The Morgan fingerprint density at radius 3 is 2.29 bits per heavy atom. The van der Waals surface area contributed by atoms with Crippen LogP contribution in [0.25, 0.3) is 0 Å². The molecule has 1 unspecified atom stereocenters. The molecule has 1 aromatic rings. The molecule has 1 saturated heterocycles. The van der Waals surface area contributed by atoms with Crippen molar-refractivity contribution in [3.63, 3.8) is 0 Å². The molecule has 1 fully saturated rings. The van der Waals surface area contributed by atoms with Crippen LogP contribution in [0.15, 0.2) is 12.1 Å². The molecular weight excluding hydrogens is 315 g/mol. The van der Waals surface area contributed by atoms with Crippen LogP contribution in [-0.4, -0.2) is 54.1 Å². The van der Waals surface area contributed by atoms with Crippen molar-refractivity contribution in [2.75, 3.05) is 26.4 Å². The van der Waals surface area contributed by atoms with Gasteiger partial charge >= 0.3 is 0 Å². The molecule has 0 bridgehead atoms. The molecule has 1 atom stereocenters. The Balaban J connectivity index is 1.83. The van der Waals surface area contributed by atoms with E-state index in [1.807, 2.05) is 11.8 Å². The molecule has 1 aromatic carbocycles. The van der Waals surface area contributed by atoms with E-state index in [4.69, 9.17) is 27.9 Å². The second-order valence-corrected chi connectivity index (χ2v) is 6.06. The Morgan fingerprint density at radius 2 is 1.76 bits per heavy atom. The SMILES string of the molecule is CC1CN(CN2C(=O)c3cc(Cl)c(Cl)cc3C2=O)CCO1. The van der Waals surface area contributed by atoms with E-state index in [1.165, 1.54) is 17.0 Å². The van der Waals surface area contributed by atoms with Crippen molar-refractivity contribution >= 4 is 35.0 Å². The number of hydrogen-bond donors (Lipinski definition) is 0. The molecule has 0 N–H and O–H groups in total. The van der Waals surface area contributed by atoms with Crippen molar-refractivity contribution in [1.82, 2.24) is 9.80 Å². The number of nitrogens with zero attached hydrogens (tertiary/aromatic N) is 2. The number of benzene rings is 1. The number of carbonyl (C=O) groups excluding carboxylic acids is 2. The summed E-state index contributed by atoms with van der Waals surface area (Å²) in [5, 5.41) is 0.553. The standard InChI is InChI=1S/C14H14Cl2N2O3/c1-8-6-17(2-3-21-8)7-18-13(19)9-4-11(15)12(16)5-10(9)14(18)20/h4-5,8H,2-3,6-7H2,1H3. The van der Waals surface area contributed by atoms with Gasteiger partial charge in [-0.15, -0.1) is 0 Å². The highest BCUT2D eigenvalue weighted by atomic mass is 35.5. The second-order valence-electron chi connectivity index (χ2n) is 5.25. The van der Waals surface area contributed by atoms with E-state index in [-0.39, 0.29) is 34.6 Å². The van der Waals surface area contributed by atoms with Crippen LogP contribution in [0, 0.1) is 0 Å². The number of halogens is 2. The number of amides is 2. The molecule has 0 saturated carbocycles. The summed E-state index contributed by atoms with van der Waals surface area (Å²) in [6, 6.07) is 2.92. The monoisotopic (exact) mass is 328 g/mol. The quantitative estimate of drug-likeness (QED) is 0.781. The molecule has 7 heteroatoms. The van der Waals surface area contributed by atoms with Gasteiger partial charge < -0.3 is 4.74 Å². The van der Waals surface area contributed by atoms with Crippen LogP contribution in [-0.2, 0) is 4.74 Å². The normalized spacial score (nSPS) is 22.8. The van der Waals surface area contributed by atoms with Crippen molar-refractivity contribution in [3.8, 4) is 0 Å². The Kier molecular flexibility index (Phi) is 3.92. The zero-order valence-corrected chi connectivity index (χ0v) is 12.9. The van der Waals surface area contributed by atoms with E-state index in [0.717, 1.165) is 0 Å². The first-order chi connectivity index (χ1) is 9.97. The highest BCUT2D eigenvalue weighted by molar-refractivity contribution is 6.43. The van der Waals surface area contributed by atoms with Crippen LogP contribution in [0.2, 0.25) is 10.0 Å². The van der Waals surface area contributed by atoms with Gasteiger partial charge in [0.15, 0.2) is 0 Å². The third-order valence-corrected chi connectivity index (χ3v) is 4.40. The van der Waals surface area contributed by atoms with Crippen LogP contribution in [0.1, 0.15) is 27.6 Å². The van der Waals surface area contributed by atoms with Gasteiger partial charge in [0, 0.05) is 13.1 Å². The smallest absolute Gasteiger partial charge is 0.262 e. The van der Waals surface area contributed by atoms with Gasteiger partial charge in [-0.25, -0.2) is 0 Å². The lowest BCUT2D eigenvalue weighted by Gasteiger charge is -2.33. The number of rotatable bonds is 2. The van der Waals surface area contributed by atoms with Gasteiger partial charge in [-0.1, -0.05) is 23.2 Å². The summed E-state index contributed by atoms with van der Waals surface area (Å²) >= 11 is 11.8. The van der Waals surface area contributed by atoms with Gasteiger partial charge in [-0.2, -0.15) is 0 Å². The molecule has 2 aliphatic heterocycles. The number of hydrogen-bond acceptors (Lipinski definition) is 4. The fraction of sp³-hybridized carbons (Fsp3) is 0.429. The van der Waals surface area contributed by atoms with Crippen molar-refractivity contribution in [2.45, 2.75) is 13.0 Å². The molecular formula is C14H14Cl2N2O3. The summed E-state index contributed by atoms with van der Waals surface area (Å²) in [5.74, 6) is -0.652. The minimum absolute atomic E-state index is 0.0952. The molecule has 0 aromatic heterocycles. The molecule has 2 heterocycles. The van der Waals surface area contributed by atoms with Crippen molar-refractivity contribution in [3.05, 3.63) is 33.3 Å². The Hall–Kier alpha value is -1.14. The predicted octanol–water partition coefficient (Wildman–Crippen LogP) is 2.27. The first-order valence-corrected chi connectivity index (χ1v) is 7.42. The zero-order chi connectivity index (χ0) is 15.1. The zero-order valence-electron chi connectivity index (χ0n) is 11.4. The van der Waals surface area contributed by atoms with Crippen molar-refractivity contribution in [2.24, 2.45) is 0 Å². The first-order valence-electron chi connectivity index (χ1n) is 6.66. The van der Waals surface area contributed by atoms with Crippen molar-refractivity contribution < 1.29 is 14.3 Å². The maximum absolute atomic E-state index is 12.4. The molecule has 0 radical (unpaired) electrons. The van der Waals surface area contributed by atoms with Gasteiger partial charge in [0.2, 0.25) is 0 Å². The third-order valence-electron chi connectivity index (χ3n) is 3.68. The third kappa shape index (κ3) is 2.66. The summed E-state index contributed by atoms with van der Waals surface area (Å²) in [6.07, 6.45) is 0.0952. The van der Waals surface area contributed by atoms with E-state index in [1.54, 1.807) is 0 Å². The van der Waals surface area contributed by atoms with Crippen LogP contribution < -0.4 is 0 Å². The van der Waals surface area contributed by atoms with Gasteiger partial charge in [0.25, 0.3) is 11.8 Å². The van der Waals surface area contributed by atoms with E-state index < -0.39 is 0 Å². The predicted molar refractivity (Wildman–Crippen MR) is 78.8 cm³/mol. The van der Waals surface area contributed by atoms with E-state index in [9.17, 15) is 9.59 Å². The molecule has 2 aliphatic rings. The summed E-state index contributed by atoms with van der Waals surface area (Å²) in [6.45, 7) is 4.21. The Bertz CT molecular complexity index is 579. The largest absolute Gasteiger partial charge is 0.376 e. The lowest BCUT2D eigenvalue weighted by atomic mass is 10.1. The van der Waals surface area contributed by atoms with Gasteiger partial charge in [0.05, 0.1) is 40.6 Å². The highest BCUT2D eigenvalue weighted by Gasteiger charge is 2.37. The molecule has 21 heavy (non-hydrogen) atoms. The van der Waals surface area contributed by atoms with Crippen molar-refractivity contribution in [1.29, 1.82) is 0 Å². The molecule has 3 rings (SSSR count). The minimum Gasteiger partial charge on any atom is -0.376 e. The van der Waals surface area contributed by atoms with Crippen LogP contribution in [0.4, 0.5) is 0 Å². The van der Waals surface area contributed by atoms with Gasteiger partial charge in [0.1, 0.15) is 0 Å². The maximum Gasteiger partial charge on any atom is 0.262 e. The second kappa shape index (κ2) is 5.57. The number of morpholine rings is 1. The van der Waals surface area contributed by atoms with Gasteiger partial charge in [-0.05, 0) is 19.1 Å². The molecule has 2 amide bonds. The molecule has 0 spiro atoms. The Morgan fingerprint density at radius 1 is 1.19 bits per heavy atom. The summed E-state index contributed by atoms with van der Waals surface area (Å²) in [5.41, 5.74) is 0.631. The number of ether oxygens (including phenoxy) is 1. The summed E-state index contributed by atoms with van der Waals surface area (Å²) < 4.78 is 5.45. The minimum atomic E-state index is -0.326. The molecule has 5 nitrogen and oxygen atoms in total. The van der Waals surface area contributed by atoms with Crippen LogP contribution in [0.3, 0.4) is 0 Å². The van der Waals surface area contributed by atoms with Gasteiger partial charge in [-0.3, -0.25) is 19.4 Å². The Labute approximate surface area is 132 Å². The topological polar surface area (TPSA) is 49.9 Å². The van der Waals surface area contributed by atoms with E-state index >= 15 is 0 Å². The van der Waals surface area contributed by atoms with E-state index in [2.05, 4.69) is 0 Å². The fourth-order valence-electron chi connectivity index (χ4n) is 2.63.